The smallest absolute Gasteiger partial charge is 0.325 e. The van der Waals surface area contributed by atoms with E-state index >= 15 is 0 Å². The van der Waals surface area contributed by atoms with Gasteiger partial charge in [-0.1, -0.05) is 18.2 Å². The number of amides is 1. The van der Waals surface area contributed by atoms with E-state index in [1.807, 2.05) is 0 Å². The fourth-order valence-corrected chi connectivity index (χ4v) is 1.98. The number of carbonyl (C=O) groups excluding carboxylic acids is 3. The van der Waals surface area contributed by atoms with Crippen LogP contribution in [0.2, 0.25) is 0 Å². The number of esters is 1. The number of hydrogen-bond donors (Lipinski definition) is 1. The van der Waals surface area contributed by atoms with Crippen molar-refractivity contribution in [3.63, 3.8) is 0 Å². The molecular formula is C18H16FNO5. The minimum Gasteiger partial charge on any atom is -0.497 e. The first-order valence-electron chi connectivity index (χ1n) is 7.37. The Morgan fingerprint density at radius 3 is 2.56 bits per heavy atom. The molecule has 0 atom stereocenters. The van der Waals surface area contributed by atoms with Crippen molar-refractivity contribution in [3.05, 3.63) is 65.5 Å². The number of carbonyl (C=O) groups is 3. The topological polar surface area (TPSA) is 81.7 Å². The molecule has 0 unspecified atom stereocenters. The van der Waals surface area contributed by atoms with Crippen LogP contribution in [0, 0.1) is 5.82 Å². The summed E-state index contributed by atoms with van der Waals surface area (Å²) in [4.78, 5) is 35.3. The second-order valence-corrected chi connectivity index (χ2v) is 4.98. The lowest BCUT2D eigenvalue weighted by Gasteiger charge is -2.07. The van der Waals surface area contributed by atoms with E-state index in [-0.39, 0.29) is 5.56 Å². The standard InChI is InChI=1S/C18H16FNO5/c1-24-13-6-4-5-12(9-13)18(23)20-10-17(22)25-11-16(21)14-7-2-3-8-15(14)19/h2-9H,10-11H2,1H3,(H,20,23). The number of ketones is 1. The molecule has 6 nitrogen and oxygen atoms in total. The third-order valence-corrected chi connectivity index (χ3v) is 3.26. The van der Waals surface area contributed by atoms with Crippen LogP contribution in [0.1, 0.15) is 20.7 Å². The van der Waals surface area contributed by atoms with Gasteiger partial charge in [-0.25, -0.2) is 4.39 Å². The highest BCUT2D eigenvalue weighted by Gasteiger charge is 2.14. The summed E-state index contributed by atoms with van der Waals surface area (Å²) in [6.45, 7) is -1.02. The summed E-state index contributed by atoms with van der Waals surface area (Å²) in [5.74, 6) is -2.14. The van der Waals surface area contributed by atoms with Crippen molar-refractivity contribution in [2.24, 2.45) is 0 Å². The largest absolute Gasteiger partial charge is 0.497 e. The van der Waals surface area contributed by atoms with E-state index in [1.54, 1.807) is 18.2 Å². The third-order valence-electron chi connectivity index (χ3n) is 3.26. The maximum atomic E-state index is 13.4. The highest BCUT2D eigenvalue weighted by atomic mass is 19.1. The first kappa shape index (κ1) is 18.1. The number of ether oxygens (including phenoxy) is 2. The predicted molar refractivity (Wildman–Crippen MR) is 87.0 cm³/mol. The fraction of sp³-hybridized carbons (Fsp3) is 0.167. The third kappa shape index (κ3) is 5.13. The lowest BCUT2D eigenvalue weighted by molar-refractivity contribution is -0.141. The summed E-state index contributed by atoms with van der Waals surface area (Å²) < 4.78 is 23.2. The zero-order valence-electron chi connectivity index (χ0n) is 13.5. The molecule has 0 radical (unpaired) electrons. The van der Waals surface area contributed by atoms with E-state index in [4.69, 9.17) is 9.47 Å². The second kappa shape index (κ2) is 8.58. The quantitative estimate of drug-likeness (QED) is 0.613. The average molecular weight is 345 g/mol. The zero-order valence-corrected chi connectivity index (χ0v) is 13.5. The molecule has 1 amide bonds. The van der Waals surface area contributed by atoms with Crippen LogP contribution in [-0.2, 0) is 9.53 Å². The van der Waals surface area contributed by atoms with Crippen LogP contribution in [-0.4, -0.2) is 37.9 Å². The van der Waals surface area contributed by atoms with Crippen molar-refractivity contribution in [2.75, 3.05) is 20.3 Å². The van der Waals surface area contributed by atoms with Crippen molar-refractivity contribution >= 4 is 17.7 Å². The van der Waals surface area contributed by atoms with Crippen molar-refractivity contribution in [1.82, 2.24) is 5.32 Å². The van der Waals surface area contributed by atoms with Crippen LogP contribution < -0.4 is 10.1 Å². The lowest BCUT2D eigenvalue weighted by atomic mass is 10.1. The van der Waals surface area contributed by atoms with E-state index in [0.29, 0.717) is 11.3 Å². The molecule has 0 aliphatic rings. The minimum atomic E-state index is -0.805. The lowest BCUT2D eigenvalue weighted by Crippen LogP contribution is -2.31. The first-order chi connectivity index (χ1) is 12.0. The summed E-state index contributed by atoms with van der Waals surface area (Å²) >= 11 is 0. The van der Waals surface area contributed by atoms with Crippen LogP contribution >= 0.6 is 0 Å². The van der Waals surface area contributed by atoms with Crippen molar-refractivity contribution in [3.8, 4) is 5.75 Å². The van der Waals surface area contributed by atoms with Crippen LogP contribution in [0.5, 0.6) is 5.75 Å². The molecule has 7 heteroatoms. The summed E-state index contributed by atoms with van der Waals surface area (Å²) in [7, 11) is 1.47. The molecule has 0 bridgehead atoms. The summed E-state index contributed by atoms with van der Waals surface area (Å²) in [6.07, 6.45) is 0. The number of nitrogens with one attached hydrogen (secondary N) is 1. The average Bonchev–Trinajstić information content (AvgIpc) is 2.64. The van der Waals surface area contributed by atoms with Gasteiger partial charge >= 0.3 is 5.97 Å². The molecule has 0 aromatic heterocycles. The Kier molecular flexibility index (Phi) is 6.22. The Morgan fingerprint density at radius 2 is 1.84 bits per heavy atom. The molecule has 0 heterocycles. The number of Topliss-reactive ketones (excluding diaryl/α,β-unsaturated/α-hetero) is 1. The summed E-state index contributed by atoms with van der Waals surface area (Å²) in [5.41, 5.74) is 0.158. The molecule has 130 valence electrons. The molecule has 0 aliphatic heterocycles. The molecular weight excluding hydrogens is 329 g/mol. The van der Waals surface area contributed by atoms with Gasteiger partial charge < -0.3 is 14.8 Å². The molecule has 2 aromatic carbocycles. The monoisotopic (exact) mass is 345 g/mol. The number of hydrogen-bond acceptors (Lipinski definition) is 5. The number of benzene rings is 2. The van der Waals surface area contributed by atoms with Gasteiger partial charge in [0.25, 0.3) is 5.91 Å². The highest BCUT2D eigenvalue weighted by Crippen LogP contribution is 2.12. The summed E-state index contributed by atoms with van der Waals surface area (Å²) in [5, 5.41) is 2.37. The molecule has 25 heavy (non-hydrogen) atoms. The number of methoxy groups -OCH3 is 1. The second-order valence-electron chi connectivity index (χ2n) is 4.98. The first-order valence-corrected chi connectivity index (χ1v) is 7.37. The molecule has 0 saturated carbocycles. The van der Waals surface area contributed by atoms with E-state index in [0.717, 1.165) is 6.07 Å². The van der Waals surface area contributed by atoms with Crippen LogP contribution in [0.3, 0.4) is 0 Å². The normalized spacial score (nSPS) is 10.0. The molecule has 0 aliphatic carbocycles. The highest BCUT2D eigenvalue weighted by molar-refractivity contribution is 5.99. The van der Waals surface area contributed by atoms with Gasteiger partial charge in [0.05, 0.1) is 12.7 Å². The van der Waals surface area contributed by atoms with Gasteiger partial charge in [0.2, 0.25) is 5.78 Å². The molecule has 1 N–H and O–H groups in total. The Hall–Kier alpha value is -3.22. The van der Waals surface area contributed by atoms with Crippen LogP contribution in [0.4, 0.5) is 4.39 Å². The Bertz CT molecular complexity index is 791. The van der Waals surface area contributed by atoms with Crippen molar-refractivity contribution < 1.29 is 28.2 Å². The van der Waals surface area contributed by atoms with Crippen LogP contribution in [0.15, 0.2) is 48.5 Å². The van der Waals surface area contributed by atoms with Crippen LogP contribution in [0.25, 0.3) is 0 Å². The molecule has 2 rings (SSSR count). The fourth-order valence-electron chi connectivity index (χ4n) is 1.98. The Labute approximate surface area is 143 Å². The zero-order chi connectivity index (χ0) is 18.2. The molecule has 0 fully saturated rings. The maximum Gasteiger partial charge on any atom is 0.325 e. The molecule has 2 aromatic rings. The number of halogens is 1. The molecule has 0 saturated heterocycles. The van der Waals surface area contributed by atoms with E-state index in [9.17, 15) is 18.8 Å². The van der Waals surface area contributed by atoms with E-state index < -0.39 is 36.6 Å². The van der Waals surface area contributed by atoms with Crippen molar-refractivity contribution in [1.29, 1.82) is 0 Å². The van der Waals surface area contributed by atoms with Gasteiger partial charge in [0, 0.05) is 5.56 Å². The number of rotatable bonds is 7. The maximum absolute atomic E-state index is 13.4. The van der Waals surface area contributed by atoms with Crippen molar-refractivity contribution in [2.45, 2.75) is 0 Å². The Balaban J connectivity index is 1.81. The molecule has 0 spiro atoms. The van der Waals surface area contributed by atoms with E-state index in [2.05, 4.69) is 5.32 Å². The van der Waals surface area contributed by atoms with Gasteiger partial charge in [-0.05, 0) is 30.3 Å². The van der Waals surface area contributed by atoms with Gasteiger partial charge in [-0.2, -0.15) is 0 Å². The summed E-state index contributed by atoms with van der Waals surface area (Å²) in [6, 6.07) is 11.8. The van der Waals surface area contributed by atoms with Gasteiger partial charge in [0.1, 0.15) is 18.1 Å². The van der Waals surface area contributed by atoms with Gasteiger partial charge in [-0.3, -0.25) is 14.4 Å². The van der Waals surface area contributed by atoms with E-state index in [1.165, 1.54) is 31.4 Å². The SMILES string of the molecule is COc1cccc(C(=O)NCC(=O)OCC(=O)c2ccccc2F)c1. The predicted octanol–water partition coefficient (Wildman–Crippen LogP) is 1.99. The Morgan fingerprint density at radius 1 is 1.08 bits per heavy atom. The van der Waals surface area contributed by atoms with Gasteiger partial charge in [-0.15, -0.1) is 0 Å². The van der Waals surface area contributed by atoms with Gasteiger partial charge in [0.15, 0.2) is 6.61 Å². The minimum absolute atomic E-state index is 0.157.